The molecule has 0 aromatic heterocycles. The number of nitrogen functional groups attached to an aromatic ring is 1. The largest absolute Gasteiger partial charge is 0.453 e. The number of imide groups is 1. The molecule has 1 aromatic rings. The topological polar surface area (TPSA) is 133 Å². The molecule has 0 fully saturated rings. The van der Waals surface area contributed by atoms with Crippen LogP contribution in [0.15, 0.2) is 36.4 Å². The predicted octanol–water partition coefficient (Wildman–Crippen LogP) is 1.65. The number of ether oxygens (including phenoxy) is 1. The lowest BCUT2D eigenvalue weighted by molar-refractivity contribution is -0.138. The Morgan fingerprint density at radius 1 is 1.12 bits per heavy atom. The molecule has 1 atom stereocenters. The number of nitrogens with two attached hydrogens (primary N) is 2. The lowest BCUT2D eigenvalue weighted by atomic mass is 9.98. The highest BCUT2D eigenvalue weighted by atomic mass is 16.5. The van der Waals surface area contributed by atoms with E-state index in [1.807, 2.05) is 6.92 Å². The van der Waals surface area contributed by atoms with Crippen LogP contribution >= 0.6 is 0 Å². The van der Waals surface area contributed by atoms with Crippen molar-refractivity contribution < 1.29 is 23.9 Å². The summed E-state index contributed by atoms with van der Waals surface area (Å²) in [4.78, 5) is 46.7. The fourth-order valence-corrected chi connectivity index (χ4v) is 2.33. The Morgan fingerprint density at radius 2 is 1.62 bits per heavy atom. The maximum absolute atomic E-state index is 12.6. The summed E-state index contributed by atoms with van der Waals surface area (Å²) in [7, 11) is 1.22. The van der Waals surface area contributed by atoms with Gasteiger partial charge in [0.1, 0.15) is 6.04 Å². The summed E-state index contributed by atoms with van der Waals surface area (Å²) in [5.74, 6) is -1.08. The SMILES string of the molecule is CCCCC(C(=O)c1ccc(N)cc1)N1C(=O)C=CC1=O.COC(N)=O. The molecule has 8 heteroatoms. The van der Waals surface area contributed by atoms with E-state index in [4.69, 9.17) is 5.73 Å². The molecule has 0 aliphatic carbocycles. The molecule has 140 valence electrons. The lowest BCUT2D eigenvalue weighted by Gasteiger charge is -2.25. The third-order valence-electron chi connectivity index (χ3n) is 3.69. The first kappa shape index (κ1) is 20.9. The van der Waals surface area contributed by atoms with Crippen molar-refractivity contribution >= 4 is 29.4 Å². The molecule has 1 heterocycles. The fourth-order valence-electron chi connectivity index (χ4n) is 2.33. The molecule has 1 aliphatic heterocycles. The van der Waals surface area contributed by atoms with E-state index in [-0.39, 0.29) is 5.78 Å². The van der Waals surface area contributed by atoms with Crippen LogP contribution in [0.3, 0.4) is 0 Å². The average Bonchev–Trinajstić information content (AvgIpc) is 2.95. The van der Waals surface area contributed by atoms with Crippen LogP contribution in [0.4, 0.5) is 10.5 Å². The van der Waals surface area contributed by atoms with Crippen LogP contribution in [0, 0.1) is 0 Å². The summed E-state index contributed by atoms with van der Waals surface area (Å²) in [5.41, 5.74) is 11.1. The van der Waals surface area contributed by atoms with Crippen molar-refractivity contribution in [3.05, 3.63) is 42.0 Å². The van der Waals surface area contributed by atoms with Gasteiger partial charge >= 0.3 is 6.09 Å². The summed E-state index contributed by atoms with van der Waals surface area (Å²) < 4.78 is 3.89. The van der Waals surface area contributed by atoms with Crippen molar-refractivity contribution in [3.8, 4) is 0 Å². The van der Waals surface area contributed by atoms with Crippen LogP contribution in [-0.2, 0) is 14.3 Å². The van der Waals surface area contributed by atoms with E-state index in [2.05, 4.69) is 10.5 Å². The van der Waals surface area contributed by atoms with E-state index in [0.29, 0.717) is 17.7 Å². The Hall–Kier alpha value is -3.16. The molecule has 2 rings (SSSR count). The van der Waals surface area contributed by atoms with Crippen molar-refractivity contribution in [2.75, 3.05) is 12.8 Å². The Labute approximate surface area is 151 Å². The first-order valence-corrected chi connectivity index (χ1v) is 8.10. The molecule has 0 radical (unpaired) electrons. The minimum Gasteiger partial charge on any atom is -0.453 e. The number of nitrogens with zero attached hydrogens (tertiary/aromatic N) is 1. The summed E-state index contributed by atoms with van der Waals surface area (Å²) in [6, 6.07) is 5.76. The maximum atomic E-state index is 12.6. The van der Waals surface area contributed by atoms with Crippen LogP contribution in [0.5, 0.6) is 0 Å². The third kappa shape index (κ3) is 5.73. The number of carbonyl (C=O) groups is 4. The minimum atomic E-state index is -0.747. The van der Waals surface area contributed by atoms with Crippen LogP contribution in [0.1, 0.15) is 36.5 Å². The Bertz CT molecular complexity index is 679. The molecular weight excluding hydrogens is 338 g/mol. The highest BCUT2D eigenvalue weighted by molar-refractivity contribution is 6.16. The van der Waals surface area contributed by atoms with Gasteiger partial charge in [-0.2, -0.15) is 0 Å². The van der Waals surface area contributed by atoms with E-state index >= 15 is 0 Å². The summed E-state index contributed by atoms with van der Waals surface area (Å²) >= 11 is 0. The minimum absolute atomic E-state index is 0.228. The van der Waals surface area contributed by atoms with Gasteiger partial charge in [-0.25, -0.2) is 4.79 Å². The second-order valence-electron chi connectivity index (χ2n) is 5.55. The zero-order chi connectivity index (χ0) is 19.7. The van der Waals surface area contributed by atoms with Gasteiger partial charge in [-0.15, -0.1) is 0 Å². The van der Waals surface area contributed by atoms with Gasteiger partial charge in [-0.05, 0) is 30.7 Å². The van der Waals surface area contributed by atoms with Gasteiger partial charge in [0.05, 0.1) is 7.11 Å². The van der Waals surface area contributed by atoms with Crippen LogP contribution in [-0.4, -0.2) is 41.7 Å². The number of amides is 3. The number of unbranched alkanes of at least 4 members (excludes halogenated alkanes) is 1. The molecule has 0 spiro atoms. The summed E-state index contributed by atoms with van der Waals surface area (Å²) in [5, 5.41) is 0. The second kappa shape index (κ2) is 9.97. The molecule has 1 aromatic carbocycles. The number of primary amides is 1. The van der Waals surface area contributed by atoms with Crippen LogP contribution < -0.4 is 11.5 Å². The fraction of sp³-hybridized carbons (Fsp3) is 0.333. The molecule has 4 N–H and O–H groups in total. The van der Waals surface area contributed by atoms with Crippen molar-refractivity contribution in [3.63, 3.8) is 0 Å². The Kier molecular flexibility index (Phi) is 8.01. The Balaban J connectivity index is 0.000000597. The van der Waals surface area contributed by atoms with E-state index < -0.39 is 23.9 Å². The number of benzene rings is 1. The smallest absolute Gasteiger partial charge is 0.404 e. The van der Waals surface area contributed by atoms with Gasteiger partial charge in [0.2, 0.25) is 0 Å². The molecule has 0 saturated heterocycles. The van der Waals surface area contributed by atoms with Gasteiger partial charge in [-0.1, -0.05) is 19.8 Å². The van der Waals surface area contributed by atoms with Crippen molar-refractivity contribution in [1.29, 1.82) is 0 Å². The number of anilines is 1. The zero-order valence-electron chi connectivity index (χ0n) is 14.8. The Morgan fingerprint density at radius 3 is 2.04 bits per heavy atom. The number of rotatable bonds is 6. The summed E-state index contributed by atoms with van der Waals surface area (Å²) in [6.07, 6.45) is 3.79. The van der Waals surface area contributed by atoms with E-state index in [1.54, 1.807) is 24.3 Å². The van der Waals surface area contributed by atoms with Gasteiger partial charge in [0, 0.05) is 23.4 Å². The molecule has 1 unspecified atom stereocenters. The number of Topliss-reactive ketones (excluding diaryl/α,β-unsaturated/α-hetero) is 1. The predicted molar refractivity (Wildman–Crippen MR) is 96.1 cm³/mol. The summed E-state index contributed by atoms with van der Waals surface area (Å²) in [6.45, 7) is 2.00. The van der Waals surface area contributed by atoms with Crippen LogP contribution in [0.25, 0.3) is 0 Å². The number of hydrogen-bond donors (Lipinski definition) is 2. The molecule has 0 saturated carbocycles. The van der Waals surface area contributed by atoms with E-state index in [1.165, 1.54) is 19.3 Å². The number of carbonyl (C=O) groups excluding carboxylic acids is 4. The second-order valence-corrected chi connectivity index (χ2v) is 5.55. The lowest BCUT2D eigenvalue weighted by Crippen LogP contribution is -2.45. The van der Waals surface area contributed by atoms with E-state index in [9.17, 15) is 19.2 Å². The van der Waals surface area contributed by atoms with Gasteiger partial charge in [0.25, 0.3) is 11.8 Å². The first-order chi connectivity index (χ1) is 12.3. The van der Waals surface area contributed by atoms with Gasteiger partial charge in [-0.3, -0.25) is 19.3 Å². The highest BCUT2D eigenvalue weighted by Gasteiger charge is 2.35. The molecule has 3 amide bonds. The van der Waals surface area contributed by atoms with Crippen molar-refractivity contribution in [2.45, 2.75) is 32.2 Å². The number of methoxy groups -OCH3 is 1. The quantitative estimate of drug-likeness (QED) is 0.450. The standard InChI is InChI=1S/C16H18N2O3.C2H5NO2/c1-2-3-4-13(18-14(19)9-10-15(18)20)16(21)11-5-7-12(17)8-6-11;1-5-2(3)4/h5-10,13H,2-4,17H2,1H3;1H3,(H2,3,4). The maximum Gasteiger partial charge on any atom is 0.404 e. The van der Waals surface area contributed by atoms with Gasteiger partial charge < -0.3 is 16.2 Å². The molecule has 1 aliphatic rings. The first-order valence-electron chi connectivity index (χ1n) is 8.10. The molecular formula is C18H23N3O5. The molecule has 0 bridgehead atoms. The zero-order valence-corrected chi connectivity index (χ0v) is 14.8. The van der Waals surface area contributed by atoms with Crippen LogP contribution in [0.2, 0.25) is 0 Å². The molecule has 26 heavy (non-hydrogen) atoms. The van der Waals surface area contributed by atoms with Gasteiger partial charge in [0.15, 0.2) is 5.78 Å². The number of ketones is 1. The average molecular weight is 361 g/mol. The van der Waals surface area contributed by atoms with Crippen molar-refractivity contribution in [2.24, 2.45) is 5.73 Å². The highest BCUT2D eigenvalue weighted by Crippen LogP contribution is 2.20. The monoisotopic (exact) mass is 361 g/mol. The molecule has 8 nitrogen and oxygen atoms in total. The van der Waals surface area contributed by atoms with E-state index in [0.717, 1.165) is 17.7 Å². The normalized spacial score (nSPS) is 13.8. The van der Waals surface area contributed by atoms with Crippen molar-refractivity contribution in [1.82, 2.24) is 4.90 Å². The number of hydrogen-bond acceptors (Lipinski definition) is 6. The third-order valence-corrected chi connectivity index (χ3v) is 3.69.